The predicted molar refractivity (Wildman–Crippen MR) is 122 cm³/mol. The maximum Gasteiger partial charge on any atom is 0.409 e. The molecule has 1 N–H and O–H groups in total. The summed E-state index contributed by atoms with van der Waals surface area (Å²) in [5.74, 6) is -0.924. The largest absolute Gasteiger partial charge is 0.481 e. The summed E-state index contributed by atoms with van der Waals surface area (Å²) in [5, 5.41) is 13.6. The molecule has 1 saturated heterocycles. The molecule has 1 aromatic heterocycles. The number of ether oxygens (including phenoxy) is 1. The van der Waals surface area contributed by atoms with Crippen LogP contribution in [0.2, 0.25) is 0 Å². The molecule has 0 spiro atoms. The number of fused-ring (bicyclic) bond motifs is 3. The van der Waals surface area contributed by atoms with Gasteiger partial charge in [-0.1, -0.05) is 48.5 Å². The van der Waals surface area contributed by atoms with Crippen LogP contribution in [0.15, 0.2) is 60.9 Å². The van der Waals surface area contributed by atoms with Gasteiger partial charge >= 0.3 is 12.1 Å². The molecule has 31 heavy (non-hydrogen) atoms. The van der Waals surface area contributed by atoms with Crippen LogP contribution in [0.4, 0.5) is 4.79 Å². The molecule has 2 heterocycles. The first kappa shape index (κ1) is 20.0. The maximum absolute atomic E-state index is 12.7. The molecule has 0 bridgehead atoms. The average Bonchev–Trinajstić information content (AvgIpc) is 3.30. The molecular weight excluding hydrogens is 509 g/mol. The lowest BCUT2D eigenvalue weighted by atomic mass is 9.86. The summed E-state index contributed by atoms with van der Waals surface area (Å²) < 4.78 is 8.27. The lowest BCUT2D eigenvalue weighted by Gasteiger charge is -2.48. The second-order valence-corrected chi connectivity index (χ2v) is 9.30. The van der Waals surface area contributed by atoms with Crippen LogP contribution < -0.4 is 0 Å². The van der Waals surface area contributed by atoms with Gasteiger partial charge in [-0.2, -0.15) is 5.10 Å². The molecule has 5 rings (SSSR count). The van der Waals surface area contributed by atoms with Gasteiger partial charge in [0.05, 0.1) is 29.3 Å². The van der Waals surface area contributed by atoms with Gasteiger partial charge in [0, 0.05) is 12.1 Å². The van der Waals surface area contributed by atoms with Crippen LogP contribution in [0.3, 0.4) is 0 Å². The van der Waals surface area contributed by atoms with Gasteiger partial charge in [0.15, 0.2) is 0 Å². The van der Waals surface area contributed by atoms with Crippen molar-refractivity contribution in [1.82, 2.24) is 14.7 Å². The fraction of sp³-hybridized carbons (Fsp3) is 0.261. The van der Waals surface area contributed by atoms with Crippen LogP contribution in [0.1, 0.15) is 23.5 Å². The van der Waals surface area contributed by atoms with Crippen molar-refractivity contribution in [1.29, 1.82) is 0 Å². The number of carbonyl (C=O) groups excluding carboxylic acids is 1. The Morgan fingerprint density at radius 2 is 1.71 bits per heavy atom. The average molecular weight is 529 g/mol. The number of aliphatic carboxylic acids is 1. The number of nitrogens with zero attached hydrogens (tertiary/aromatic N) is 3. The molecule has 0 atom stereocenters. The van der Waals surface area contributed by atoms with Crippen molar-refractivity contribution in [3.63, 3.8) is 0 Å². The minimum absolute atomic E-state index is 0.00547. The van der Waals surface area contributed by atoms with Crippen LogP contribution in [-0.4, -0.2) is 51.5 Å². The minimum atomic E-state index is -0.919. The topological polar surface area (TPSA) is 84.7 Å². The summed E-state index contributed by atoms with van der Waals surface area (Å²) in [4.78, 5) is 25.7. The summed E-state index contributed by atoms with van der Waals surface area (Å²) in [6.45, 7) is 0.760. The van der Waals surface area contributed by atoms with Crippen molar-refractivity contribution < 1.29 is 19.4 Å². The quantitative estimate of drug-likeness (QED) is 0.507. The third kappa shape index (κ3) is 3.48. The summed E-state index contributed by atoms with van der Waals surface area (Å²) >= 11 is 2.13. The second kappa shape index (κ2) is 7.67. The highest BCUT2D eigenvalue weighted by atomic mass is 127. The van der Waals surface area contributed by atoms with Gasteiger partial charge in [-0.05, 0) is 44.8 Å². The first-order valence-corrected chi connectivity index (χ1v) is 11.1. The molecule has 1 amide bonds. The van der Waals surface area contributed by atoms with Crippen LogP contribution in [0, 0.1) is 3.57 Å². The van der Waals surface area contributed by atoms with Crippen molar-refractivity contribution >= 4 is 34.7 Å². The number of carbonyl (C=O) groups is 2. The molecule has 7 nitrogen and oxygen atoms in total. The second-order valence-electron chi connectivity index (χ2n) is 8.06. The number of likely N-dealkylation sites (tertiary alicyclic amines) is 1. The lowest BCUT2D eigenvalue weighted by molar-refractivity contribution is -0.142. The first-order valence-electron chi connectivity index (χ1n) is 9.99. The smallest absolute Gasteiger partial charge is 0.409 e. The number of rotatable bonds is 5. The van der Waals surface area contributed by atoms with E-state index in [1.165, 1.54) is 11.1 Å². The molecular formula is C23H20IN3O4. The Morgan fingerprint density at radius 1 is 1.10 bits per heavy atom. The van der Waals surface area contributed by atoms with Crippen molar-refractivity contribution in [2.24, 2.45) is 0 Å². The Hall–Kier alpha value is -2.88. The van der Waals surface area contributed by atoms with Gasteiger partial charge < -0.3 is 14.7 Å². The van der Waals surface area contributed by atoms with Crippen LogP contribution in [0.25, 0.3) is 11.1 Å². The van der Waals surface area contributed by atoms with E-state index < -0.39 is 17.6 Å². The maximum atomic E-state index is 12.7. The Bertz CT molecular complexity index is 1120. The zero-order valence-electron chi connectivity index (χ0n) is 16.6. The predicted octanol–water partition coefficient (Wildman–Crippen LogP) is 3.92. The summed E-state index contributed by atoms with van der Waals surface area (Å²) in [6, 6.07) is 16.4. The number of carboxylic acid groups (broad SMARTS) is 1. The van der Waals surface area contributed by atoms with E-state index in [2.05, 4.69) is 52.0 Å². The normalized spacial score (nSPS) is 16.4. The summed E-state index contributed by atoms with van der Waals surface area (Å²) in [7, 11) is 0. The Kier molecular flexibility index (Phi) is 4.96. The van der Waals surface area contributed by atoms with Gasteiger partial charge in [0.2, 0.25) is 0 Å². The Morgan fingerprint density at radius 3 is 2.26 bits per heavy atom. The molecule has 1 aliphatic carbocycles. The van der Waals surface area contributed by atoms with E-state index in [4.69, 9.17) is 4.74 Å². The van der Waals surface area contributed by atoms with Crippen molar-refractivity contribution in [3.8, 4) is 11.1 Å². The van der Waals surface area contributed by atoms with Crippen LogP contribution >= 0.6 is 22.6 Å². The molecule has 2 aliphatic rings. The first-order chi connectivity index (χ1) is 15.0. The number of hydrogen-bond acceptors (Lipinski definition) is 4. The number of benzene rings is 2. The lowest BCUT2D eigenvalue weighted by Crippen LogP contribution is -2.65. The molecule has 0 unspecified atom stereocenters. The number of halogens is 1. The highest BCUT2D eigenvalue weighted by molar-refractivity contribution is 14.1. The molecule has 3 aromatic rings. The highest BCUT2D eigenvalue weighted by Crippen LogP contribution is 2.44. The molecule has 0 radical (unpaired) electrons. The van der Waals surface area contributed by atoms with Crippen molar-refractivity contribution in [3.05, 3.63) is 75.6 Å². The fourth-order valence-corrected chi connectivity index (χ4v) is 5.05. The zero-order valence-corrected chi connectivity index (χ0v) is 18.7. The van der Waals surface area contributed by atoms with Gasteiger partial charge in [-0.3, -0.25) is 9.48 Å². The zero-order chi connectivity index (χ0) is 21.6. The molecule has 2 aromatic carbocycles. The van der Waals surface area contributed by atoms with Gasteiger partial charge in [-0.25, -0.2) is 4.79 Å². The number of aromatic nitrogens is 2. The minimum Gasteiger partial charge on any atom is -0.481 e. The van der Waals surface area contributed by atoms with E-state index in [1.807, 2.05) is 24.3 Å². The van der Waals surface area contributed by atoms with Crippen molar-refractivity contribution in [2.45, 2.75) is 17.9 Å². The number of hydrogen-bond donors (Lipinski definition) is 1. The van der Waals surface area contributed by atoms with E-state index in [-0.39, 0.29) is 32.0 Å². The van der Waals surface area contributed by atoms with E-state index in [9.17, 15) is 14.7 Å². The Labute approximate surface area is 192 Å². The molecule has 8 heteroatoms. The third-order valence-electron chi connectivity index (χ3n) is 6.08. The molecule has 158 valence electrons. The molecule has 1 fully saturated rings. The summed E-state index contributed by atoms with van der Waals surface area (Å²) in [5.41, 5.74) is 3.94. The van der Waals surface area contributed by atoms with Crippen LogP contribution in [-0.2, 0) is 15.1 Å². The Balaban J connectivity index is 1.28. The molecule has 0 saturated carbocycles. The number of carboxylic acids is 1. The van der Waals surface area contributed by atoms with Gasteiger partial charge in [0.1, 0.15) is 12.1 Å². The highest BCUT2D eigenvalue weighted by Gasteiger charge is 2.50. The van der Waals surface area contributed by atoms with E-state index >= 15 is 0 Å². The monoisotopic (exact) mass is 529 g/mol. The van der Waals surface area contributed by atoms with E-state index in [1.54, 1.807) is 22.0 Å². The molecule has 1 aliphatic heterocycles. The SMILES string of the molecule is O=C(O)CC1(n2cc(I)cn2)CN(C(=O)OCC2c3ccccc3-c3ccccc32)C1. The summed E-state index contributed by atoms with van der Waals surface area (Å²) in [6.07, 6.45) is 2.96. The van der Waals surface area contributed by atoms with Gasteiger partial charge in [-0.15, -0.1) is 0 Å². The third-order valence-corrected chi connectivity index (χ3v) is 6.64. The van der Waals surface area contributed by atoms with Crippen molar-refractivity contribution in [2.75, 3.05) is 19.7 Å². The fourth-order valence-electron chi connectivity index (χ4n) is 4.66. The van der Waals surface area contributed by atoms with Crippen LogP contribution in [0.5, 0.6) is 0 Å². The standard InChI is InChI=1S/C23H20IN3O4/c24-15-10-25-27(11-15)23(9-21(28)29)13-26(14-23)22(30)31-12-20-18-7-3-1-5-16(18)17-6-2-4-8-19(17)20/h1-8,10-11,20H,9,12-14H2,(H,28,29). The van der Waals surface area contributed by atoms with E-state index in [0.29, 0.717) is 0 Å². The van der Waals surface area contributed by atoms with Gasteiger partial charge in [0.25, 0.3) is 0 Å². The van der Waals surface area contributed by atoms with E-state index in [0.717, 1.165) is 14.7 Å². The number of amides is 1.